The van der Waals surface area contributed by atoms with Crippen LogP contribution in [0.15, 0.2) is 42.0 Å². The lowest BCUT2D eigenvalue weighted by atomic mass is 10.00. The van der Waals surface area contributed by atoms with Gasteiger partial charge in [-0.25, -0.2) is 0 Å². The Hall–Kier alpha value is -2.87. The third-order valence-electron chi connectivity index (χ3n) is 3.38. The van der Waals surface area contributed by atoms with Crippen molar-refractivity contribution in [2.24, 2.45) is 0 Å². The first-order chi connectivity index (χ1) is 11.5. The van der Waals surface area contributed by atoms with Crippen LogP contribution in [0.1, 0.15) is 5.56 Å². The van der Waals surface area contributed by atoms with Gasteiger partial charge in [0.05, 0.1) is 0 Å². The van der Waals surface area contributed by atoms with Gasteiger partial charge < -0.3 is 4.74 Å². The number of hydrogen-bond donors (Lipinski definition) is 2. The van der Waals surface area contributed by atoms with Gasteiger partial charge in [-0.2, -0.15) is 8.78 Å². The zero-order chi connectivity index (χ0) is 17.3. The molecule has 0 bridgehead atoms. The molecule has 3 rings (SSSR count). The van der Waals surface area contributed by atoms with Crippen molar-refractivity contribution in [1.29, 1.82) is 0 Å². The first-order valence-corrected chi connectivity index (χ1v) is 7.21. The van der Waals surface area contributed by atoms with Gasteiger partial charge in [0.1, 0.15) is 11.3 Å². The third kappa shape index (κ3) is 3.09. The predicted molar refractivity (Wildman–Crippen MR) is 87.4 cm³/mol. The van der Waals surface area contributed by atoms with E-state index >= 15 is 0 Å². The quantitative estimate of drug-likeness (QED) is 0.508. The lowest BCUT2D eigenvalue weighted by Gasteiger charge is -2.17. The molecule has 1 aliphatic rings. The van der Waals surface area contributed by atoms with Crippen LogP contribution in [0.3, 0.4) is 0 Å². The molecule has 2 aromatic carbocycles. The number of benzene rings is 2. The van der Waals surface area contributed by atoms with Gasteiger partial charge in [0.2, 0.25) is 0 Å². The number of carbonyl (C=O) groups excluding carboxylic acids is 2. The molecule has 0 aliphatic carbocycles. The van der Waals surface area contributed by atoms with E-state index in [4.69, 9.17) is 12.2 Å². The zero-order valence-electron chi connectivity index (χ0n) is 12.0. The fraction of sp³-hybridized carbons (Fsp3) is 0.0625. The normalized spacial score (nSPS) is 14.6. The minimum absolute atomic E-state index is 0.107. The largest absolute Gasteiger partial charge is 0.434 e. The summed E-state index contributed by atoms with van der Waals surface area (Å²) >= 11 is 4.72. The zero-order valence-corrected chi connectivity index (χ0v) is 12.8. The summed E-state index contributed by atoms with van der Waals surface area (Å²) in [5, 5.41) is 5.79. The minimum Gasteiger partial charge on any atom is -0.434 e. The molecule has 1 aliphatic heterocycles. The third-order valence-corrected chi connectivity index (χ3v) is 3.58. The molecule has 1 fully saturated rings. The molecule has 2 N–H and O–H groups in total. The summed E-state index contributed by atoms with van der Waals surface area (Å²) < 4.78 is 29.8. The molecule has 0 spiro atoms. The van der Waals surface area contributed by atoms with Gasteiger partial charge in [-0.05, 0) is 35.1 Å². The summed E-state index contributed by atoms with van der Waals surface area (Å²) in [6, 6.07) is 9.94. The number of carbonyl (C=O) groups is 2. The highest BCUT2D eigenvalue weighted by Gasteiger charge is 2.26. The van der Waals surface area contributed by atoms with Gasteiger partial charge in [-0.3, -0.25) is 20.2 Å². The smallest absolute Gasteiger partial charge is 0.387 e. The lowest BCUT2D eigenvalue weighted by molar-refractivity contribution is -0.123. The topological polar surface area (TPSA) is 67.4 Å². The van der Waals surface area contributed by atoms with Crippen molar-refractivity contribution in [3.8, 4) is 5.75 Å². The fourth-order valence-corrected chi connectivity index (χ4v) is 2.56. The van der Waals surface area contributed by atoms with E-state index in [1.807, 2.05) is 0 Å². The molecule has 1 saturated heterocycles. The van der Waals surface area contributed by atoms with Crippen molar-refractivity contribution >= 4 is 46.0 Å². The Balaban J connectivity index is 2.19. The van der Waals surface area contributed by atoms with Crippen LogP contribution < -0.4 is 15.4 Å². The second-order valence-electron chi connectivity index (χ2n) is 4.87. The van der Waals surface area contributed by atoms with Crippen LogP contribution >= 0.6 is 12.2 Å². The van der Waals surface area contributed by atoms with E-state index in [0.717, 1.165) is 5.39 Å². The number of alkyl halides is 2. The Kier molecular flexibility index (Phi) is 4.22. The Bertz CT molecular complexity index is 874. The molecule has 24 heavy (non-hydrogen) atoms. The average molecular weight is 348 g/mol. The molecule has 5 nitrogen and oxygen atoms in total. The Morgan fingerprint density at radius 2 is 1.71 bits per heavy atom. The van der Waals surface area contributed by atoms with Crippen molar-refractivity contribution in [1.82, 2.24) is 10.6 Å². The maximum atomic E-state index is 12.7. The molecule has 0 unspecified atom stereocenters. The van der Waals surface area contributed by atoms with Gasteiger partial charge in [0, 0.05) is 5.56 Å². The van der Waals surface area contributed by atoms with Gasteiger partial charge >= 0.3 is 6.61 Å². The molecular weight excluding hydrogens is 338 g/mol. The molecule has 2 aromatic rings. The van der Waals surface area contributed by atoms with E-state index in [0.29, 0.717) is 5.39 Å². The van der Waals surface area contributed by atoms with E-state index in [2.05, 4.69) is 15.4 Å². The lowest BCUT2D eigenvalue weighted by Crippen LogP contribution is -2.51. The standard InChI is InChI=1S/C16H10F2N2O3S/c17-15(18)23-12-6-5-8-3-1-2-4-9(8)10(12)7-11-13(21)19-16(24)20-14(11)22/h1-7,15H,(H2,19,20,21,22,24). The second kappa shape index (κ2) is 6.32. The van der Waals surface area contributed by atoms with Crippen molar-refractivity contribution < 1.29 is 23.1 Å². The molecule has 0 atom stereocenters. The highest BCUT2D eigenvalue weighted by molar-refractivity contribution is 7.80. The van der Waals surface area contributed by atoms with Crippen LogP contribution in [0.5, 0.6) is 5.75 Å². The predicted octanol–water partition coefficient (Wildman–Crippen LogP) is 2.36. The maximum absolute atomic E-state index is 12.7. The number of fused-ring (bicyclic) bond motifs is 1. The monoisotopic (exact) mass is 348 g/mol. The van der Waals surface area contributed by atoms with Crippen molar-refractivity contribution in [2.75, 3.05) is 0 Å². The molecule has 122 valence electrons. The summed E-state index contributed by atoms with van der Waals surface area (Å²) in [7, 11) is 0. The first-order valence-electron chi connectivity index (χ1n) is 6.80. The van der Waals surface area contributed by atoms with Crippen molar-refractivity contribution in [3.63, 3.8) is 0 Å². The average Bonchev–Trinajstić information content (AvgIpc) is 2.51. The fourth-order valence-electron chi connectivity index (χ4n) is 2.37. The van der Waals surface area contributed by atoms with E-state index in [-0.39, 0.29) is 22.0 Å². The molecule has 1 heterocycles. The number of ether oxygens (including phenoxy) is 1. The van der Waals surface area contributed by atoms with Gasteiger partial charge in [0.25, 0.3) is 11.8 Å². The number of halogens is 2. The molecule has 0 saturated carbocycles. The number of amides is 2. The Morgan fingerprint density at radius 3 is 2.38 bits per heavy atom. The minimum atomic E-state index is -3.04. The van der Waals surface area contributed by atoms with Crippen molar-refractivity contribution in [3.05, 3.63) is 47.5 Å². The number of thiocarbonyl (C=S) groups is 1. The first kappa shape index (κ1) is 16.0. The van der Waals surface area contributed by atoms with E-state index in [9.17, 15) is 18.4 Å². The number of rotatable bonds is 3. The molecule has 2 amide bonds. The van der Waals surface area contributed by atoms with Crippen LogP contribution in [0, 0.1) is 0 Å². The summed E-state index contributed by atoms with van der Waals surface area (Å²) in [6.45, 7) is -3.04. The highest BCUT2D eigenvalue weighted by atomic mass is 32.1. The van der Waals surface area contributed by atoms with Crippen LogP contribution in [-0.4, -0.2) is 23.5 Å². The number of nitrogens with one attached hydrogen (secondary N) is 2. The molecule has 0 aromatic heterocycles. The molecular formula is C16H10F2N2O3S. The molecule has 8 heteroatoms. The number of hydrogen-bond acceptors (Lipinski definition) is 4. The SMILES string of the molecule is O=C1NC(=S)NC(=O)C1=Cc1c(OC(F)F)ccc2ccccc12. The van der Waals surface area contributed by atoms with Gasteiger partial charge in [-0.15, -0.1) is 0 Å². The van der Waals surface area contributed by atoms with E-state index in [1.165, 1.54) is 12.1 Å². The van der Waals surface area contributed by atoms with Crippen LogP contribution in [0.25, 0.3) is 16.8 Å². The second-order valence-corrected chi connectivity index (χ2v) is 5.28. The van der Waals surface area contributed by atoms with Crippen LogP contribution in [0.2, 0.25) is 0 Å². The van der Waals surface area contributed by atoms with Crippen molar-refractivity contribution in [2.45, 2.75) is 6.61 Å². The van der Waals surface area contributed by atoms with E-state index in [1.54, 1.807) is 30.3 Å². The maximum Gasteiger partial charge on any atom is 0.387 e. The Labute approximate surface area is 140 Å². The molecule has 0 radical (unpaired) electrons. The van der Waals surface area contributed by atoms with Gasteiger partial charge in [0.15, 0.2) is 5.11 Å². The summed E-state index contributed by atoms with van der Waals surface area (Å²) in [4.78, 5) is 23.9. The summed E-state index contributed by atoms with van der Waals surface area (Å²) in [5.74, 6) is -1.55. The summed E-state index contributed by atoms with van der Waals surface area (Å²) in [5.41, 5.74) is -0.0411. The Morgan fingerprint density at radius 1 is 1.04 bits per heavy atom. The summed E-state index contributed by atoms with van der Waals surface area (Å²) in [6.07, 6.45) is 1.21. The van der Waals surface area contributed by atoms with Crippen LogP contribution in [-0.2, 0) is 9.59 Å². The van der Waals surface area contributed by atoms with Crippen LogP contribution in [0.4, 0.5) is 8.78 Å². The highest BCUT2D eigenvalue weighted by Crippen LogP contribution is 2.31. The van der Waals surface area contributed by atoms with E-state index < -0.39 is 18.4 Å². The van der Waals surface area contributed by atoms with Gasteiger partial charge in [-0.1, -0.05) is 30.3 Å².